The van der Waals surface area contributed by atoms with Crippen LogP contribution in [0.2, 0.25) is 0 Å². The second-order valence-electron chi connectivity index (χ2n) is 11.3. The van der Waals surface area contributed by atoms with Crippen molar-refractivity contribution in [3.63, 3.8) is 0 Å². The Bertz CT molecular complexity index is 1500. The summed E-state index contributed by atoms with van der Waals surface area (Å²) in [7, 11) is 3.50. The highest BCUT2D eigenvalue weighted by molar-refractivity contribution is 5.84. The number of hydrogen-bond acceptors (Lipinski definition) is 6. The van der Waals surface area contributed by atoms with E-state index in [-0.39, 0.29) is 12.5 Å². The second-order valence-corrected chi connectivity index (χ2v) is 11.3. The van der Waals surface area contributed by atoms with Crippen molar-refractivity contribution in [2.24, 2.45) is 0 Å². The predicted molar refractivity (Wildman–Crippen MR) is 163 cm³/mol. The van der Waals surface area contributed by atoms with Crippen LogP contribution in [-0.4, -0.2) is 52.8 Å². The minimum atomic E-state index is -0.729. The van der Waals surface area contributed by atoms with E-state index in [9.17, 15) is 9.59 Å². The van der Waals surface area contributed by atoms with E-state index in [1.807, 2.05) is 42.5 Å². The van der Waals surface area contributed by atoms with Gasteiger partial charge in [-0.2, -0.15) is 0 Å². The Kier molecular flexibility index (Phi) is 9.32. The van der Waals surface area contributed by atoms with Crippen LogP contribution in [0.1, 0.15) is 51.9 Å². The highest BCUT2D eigenvalue weighted by Crippen LogP contribution is 2.31. The van der Waals surface area contributed by atoms with Gasteiger partial charge in [0.15, 0.2) is 0 Å². The monoisotopic (exact) mass is 556 g/mol. The summed E-state index contributed by atoms with van der Waals surface area (Å²) in [6.45, 7) is 8.49. The Morgan fingerprint density at radius 2 is 1.73 bits per heavy atom. The number of fused-ring (bicyclic) bond motifs is 1. The third-order valence-corrected chi connectivity index (χ3v) is 6.60. The van der Waals surface area contributed by atoms with Gasteiger partial charge in [0, 0.05) is 38.3 Å². The SMILES string of the molecule is CCCCc1nc2ccc(NCC(=O)N(C)C)cc2n1Cc1ccc(-c2ccccc2OC(=O)OC(C)(C)C)cc1. The fourth-order valence-electron chi connectivity index (χ4n) is 4.45. The average Bonchev–Trinajstić information content (AvgIpc) is 3.26. The lowest BCUT2D eigenvalue weighted by atomic mass is 10.0. The molecule has 3 aromatic carbocycles. The van der Waals surface area contributed by atoms with Gasteiger partial charge in [0.25, 0.3) is 0 Å². The third-order valence-electron chi connectivity index (χ3n) is 6.60. The Labute approximate surface area is 242 Å². The number of benzene rings is 3. The highest BCUT2D eigenvalue weighted by atomic mass is 16.7. The van der Waals surface area contributed by atoms with E-state index in [0.29, 0.717) is 12.3 Å². The van der Waals surface area contributed by atoms with Crippen LogP contribution < -0.4 is 10.1 Å². The van der Waals surface area contributed by atoms with Crippen LogP contribution >= 0.6 is 0 Å². The van der Waals surface area contributed by atoms with Crippen molar-refractivity contribution in [3.8, 4) is 16.9 Å². The Balaban J connectivity index is 1.59. The van der Waals surface area contributed by atoms with Gasteiger partial charge >= 0.3 is 6.16 Å². The van der Waals surface area contributed by atoms with Gasteiger partial charge in [0.1, 0.15) is 17.2 Å². The zero-order chi connectivity index (χ0) is 29.6. The molecule has 0 aliphatic carbocycles. The summed E-state index contributed by atoms with van der Waals surface area (Å²) in [6.07, 6.45) is 2.30. The number of unbranched alkanes of at least 4 members (excludes halogenated alkanes) is 1. The average molecular weight is 557 g/mol. The first-order chi connectivity index (χ1) is 19.5. The lowest BCUT2D eigenvalue weighted by Gasteiger charge is -2.19. The first kappa shape index (κ1) is 29.6. The smallest absolute Gasteiger partial charge is 0.428 e. The summed E-state index contributed by atoms with van der Waals surface area (Å²) in [4.78, 5) is 30.9. The van der Waals surface area contributed by atoms with Gasteiger partial charge < -0.3 is 24.3 Å². The fourth-order valence-corrected chi connectivity index (χ4v) is 4.45. The molecule has 216 valence electrons. The molecule has 0 saturated heterocycles. The van der Waals surface area contributed by atoms with E-state index < -0.39 is 11.8 Å². The van der Waals surface area contributed by atoms with Crippen LogP contribution in [0.15, 0.2) is 66.7 Å². The van der Waals surface area contributed by atoms with Crippen molar-refractivity contribution in [1.29, 1.82) is 0 Å². The number of carbonyl (C=O) groups excluding carboxylic acids is 2. The van der Waals surface area contributed by atoms with Gasteiger partial charge in [-0.05, 0) is 62.6 Å². The molecule has 4 aromatic rings. The van der Waals surface area contributed by atoms with Crippen LogP contribution in [0.25, 0.3) is 22.2 Å². The minimum absolute atomic E-state index is 0.0143. The predicted octanol–water partition coefficient (Wildman–Crippen LogP) is 6.91. The summed E-state index contributed by atoms with van der Waals surface area (Å²) in [5.74, 6) is 1.51. The molecular formula is C33H40N4O4. The number of likely N-dealkylation sites (N-methyl/N-ethyl adjacent to an activating group) is 1. The van der Waals surface area contributed by atoms with Crippen molar-refractivity contribution in [3.05, 3.63) is 78.1 Å². The van der Waals surface area contributed by atoms with E-state index in [1.165, 1.54) is 0 Å². The van der Waals surface area contributed by atoms with E-state index in [4.69, 9.17) is 14.5 Å². The molecule has 0 bridgehead atoms. The summed E-state index contributed by atoms with van der Waals surface area (Å²) in [5, 5.41) is 3.24. The molecule has 1 N–H and O–H groups in total. The molecule has 4 rings (SSSR count). The number of imidazole rings is 1. The van der Waals surface area contributed by atoms with Gasteiger partial charge in [0.2, 0.25) is 5.91 Å². The topological polar surface area (TPSA) is 85.7 Å². The number of carbonyl (C=O) groups is 2. The number of aryl methyl sites for hydroxylation is 1. The first-order valence-electron chi connectivity index (χ1n) is 14.1. The molecule has 1 amide bonds. The van der Waals surface area contributed by atoms with Gasteiger partial charge in [0.05, 0.1) is 17.6 Å². The van der Waals surface area contributed by atoms with E-state index in [1.54, 1.807) is 45.8 Å². The molecule has 0 unspecified atom stereocenters. The molecule has 0 saturated carbocycles. The Hall–Kier alpha value is -4.33. The fraction of sp³-hybridized carbons (Fsp3) is 0.364. The summed E-state index contributed by atoms with van der Waals surface area (Å²) >= 11 is 0. The van der Waals surface area contributed by atoms with E-state index in [0.717, 1.165) is 58.5 Å². The maximum Gasteiger partial charge on any atom is 0.514 e. The second kappa shape index (κ2) is 12.9. The number of rotatable bonds is 10. The quantitative estimate of drug-likeness (QED) is 0.169. The number of aromatic nitrogens is 2. The molecule has 0 aliphatic rings. The van der Waals surface area contributed by atoms with Crippen LogP contribution in [0.3, 0.4) is 0 Å². The summed E-state index contributed by atoms with van der Waals surface area (Å²) in [6, 6.07) is 21.7. The van der Waals surface area contributed by atoms with Gasteiger partial charge in [-0.3, -0.25) is 4.79 Å². The number of anilines is 1. The van der Waals surface area contributed by atoms with Crippen molar-refractivity contribution in [2.45, 2.75) is 59.1 Å². The molecule has 8 heteroatoms. The summed E-state index contributed by atoms with van der Waals surface area (Å²) < 4.78 is 13.1. The Morgan fingerprint density at radius 3 is 2.41 bits per heavy atom. The molecule has 1 aromatic heterocycles. The largest absolute Gasteiger partial charge is 0.514 e. The Morgan fingerprint density at radius 1 is 1.00 bits per heavy atom. The van der Waals surface area contributed by atoms with Gasteiger partial charge in [-0.1, -0.05) is 55.8 Å². The normalized spacial score (nSPS) is 11.4. The van der Waals surface area contributed by atoms with Crippen molar-refractivity contribution in [2.75, 3.05) is 26.0 Å². The lowest BCUT2D eigenvalue weighted by molar-refractivity contribution is -0.126. The zero-order valence-electron chi connectivity index (χ0n) is 24.9. The van der Waals surface area contributed by atoms with E-state index in [2.05, 4.69) is 35.0 Å². The lowest BCUT2D eigenvalue weighted by Crippen LogP contribution is -2.28. The molecular weight excluding hydrogens is 516 g/mol. The molecule has 0 aliphatic heterocycles. The number of para-hydroxylation sites is 1. The highest BCUT2D eigenvalue weighted by Gasteiger charge is 2.20. The first-order valence-corrected chi connectivity index (χ1v) is 14.1. The van der Waals surface area contributed by atoms with Crippen LogP contribution in [0.5, 0.6) is 5.75 Å². The van der Waals surface area contributed by atoms with Crippen molar-refractivity contribution in [1.82, 2.24) is 14.5 Å². The van der Waals surface area contributed by atoms with Crippen LogP contribution in [-0.2, 0) is 22.5 Å². The van der Waals surface area contributed by atoms with Crippen molar-refractivity contribution < 1.29 is 19.1 Å². The van der Waals surface area contributed by atoms with Gasteiger partial charge in [-0.25, -0.2) is 9.78 Å². The van der Waals surface area contributed by atoms with Gasteiger partial charge in [-0.15, -0.1) is 0 Å². The molecule has 1 heterocycles. The zero-order valence-corrected chi connectivity index (χ0v) is 24.9. The summed E-state index contributed by atoms with van der Waals surface area (Å²) in [5.41, 5.74) is 5.08. The molecule has 41 heavy (non-hydrogen) atoms. The number of nitrogens with zero attached hydrogens (tertiary/aromatic N) is 3. The number of ether oxygens (including phenoxy) is 2. The maximum absolute atomic E-state index is 12.3. The van der Waals surface area contributed by atoms with Crippen LogP contribution in [0, 0.1) is 0 Å². The standard InChI is InChI=1S/C33H40N4O4/c1-7-8-13-30-35-27-19-18-25(34-21-31(38)36(5)6)20-28(27)37(30)22-23-14-16-24(17-15-23)26-11-9-10-12-29(26)40-32(39)41-33(2,3)4/h9-12,14-20,34H,7-8,13,21-22H2,1-6H3. The van der Waals surface area contributed by atoms with Crippen molar-refractivity contribution >= 4 is 28.8 Å². The third kappa shape index (κ3) is 7.87. The molecule has 0 radical (unpaired) electrons. The molecule has 8 nitrogen and oxygen atoms in total. The minimum Gasteiger partial charge on any atom is -0.428 e. The number of amides is 1. The van der Waals surface area contributed by atoms with E-state index >= 15 is 0 Å². The number of hydrogen-bond donors (Lipinski definition) is 1. The number of nitrogens with one attached hydrogen (secondary N) is 1. The molecule has 0 spiro atoms. The van der Waals surface area contributed by atoms with Crippen LogP contribution in [0.4, 0.5) is 10.5 Å². The molecule has 0 atom stereocenters. The molecule has 0 fully saturated rings. The maximum atomic E-state index is 12.3.